The predicted molar refractivity (Wildman–Crippen MR) is 88.3 cm³/mol. The zero-order valence-corrected chi connectivity index (χ0v) is 14.0. The van der Waals surface area contributed by atoms with Crippen molar-refractivity contribution in [2.24, 2.45) is 0 Å². The molecule has 1 unspecified atom stereocenters. The molecule has 3 rings (SSSR count). The number of methoxy groups -OCH3 is 1. The van der Waals surface area contributed by atoms with Crippen LogP contribution in [0.15, 0.2) is 34.7 Å². The van der Waals surface area contributed by atoms with Crippen LogP contribution >= 0.6 is 0 Å². The Labute approximate surface area is 141 Å². The first kappa shape index (κ1) is 16.7. The summed E-state index contributed by atoms with van der Waals surface area (Å²) in [6.07, 6.45) is 3.02. The van der Waals surface area contributed by atoms with Crippen LogP contribution in [0.25, 0.3) is 0 Å². The molecule has 24 heavy (non-hydrogen) atoms. The summed E-state index contributed by atoms with van der Waals surface area (Å²) in [6.45, 7) is 3.40. The Morgan fingerprint density at radius 2 is 2.25 bits per heavy atom. The number of hydrogen-bond donors (Lipinski definition) is 0. The van der Waals surface area contributed by atoms with Crippen LogP contribution in [-0.4, -0.2) is 30.6 Å². The molecule has 2 aromatic rings. The number of furan rings is 1. The number of carbonyl (C=O) groups excluding carboxylic acids is 1. The molecule has 0 spiro atoms. The van der Waals surface area contributed by atoms with E-state index in [9.17, 15) is 9.18 Å². The van der Waals surface area contributed by atoms with Gasteiger partial charge in [-0.2, -0.15) is 0 Å². The van der Waals surface area contributed by atoms with Crippen LogP contribution in [-0.2, 0) is 17.7 Å². The Morgan fingerprint density at radius 1 is 1.42 bits per heavy atom. The Bertz CT molecular complexity index is 725. The highest BCUT2D eigenvalue weighted by atomic mass is 19.1. The molecule has 1 saturated heterocycles. The van der Waals surface area contributed by atoms with Gasteiger partial charge in [0.15, 0.2) is 0 Å². The molecule has 0 N–H and O–H groups in total. The van der Waals surface area contributed by atoms with E-state index in [0.29, 0.717) is 23.9 Å². The number of rotatable bonds is 5. The number of aryl methyl sites for hydroxylation is 1. The molecule has 0 bridgehead atoms. The van der Waals surface area contributed by atoms with Gasteiger partial charge in [-0.25, -0.2) is 9.18 Å². The van der Waals surface area contributed by atoms with Crippen LogP contribution in [0.2, 0.25) is 0 Å². The monoisotopic (exact) mass is 331 g/mol. The summed E-state index contributed by atoms with van der Waals surface area (Å²) in [4.78, 5) is 14.0. The third-order valence-electron chi connectivity index (χ3n) is 4.59. The van der Waals surface area contributed by atoms with Gasteiger partial charge in [0.1, 0.15) is 22.9 Å². The topological polar surface area (TPSA) is 42.7 Å². The minimum absolute atomic E-state index is 0.193. The molecule has 4 nitrogen and oxygen atoms in total. The minimum atomic E-state index is -0.375. The van der Waals surface area contributed by atoms with E-state index in [1.807, 2.05) is 6.07 Å². The zero-order chi connectivity index (χ0) is 17.1. The van der Waals surface area contributed by atoms with Gasteiger partial charge in [-0.15, -0.1) is 0 Å². The van der Waals surface area contributed by atoms with Crippen molar-refractivity contribution in [3.63, 3.8) is 0 Å². The Morgan fingerprint density at radius 3 is 3.00 bits per heavy atom. The molecule has 1 aliphatic heterocycles. The number of benzene rings is 1. The maximum Gasteiger partial charge on any atom is 0.341 e. The molecular weight excluding hydrogens is 309 g/mol. The molecule has 1 fully saturated rings. The van der Waals surface area contributed by atoms with Crippen LogP contribution < -0.4 is 0 Å². The quantitative estimate of drug-likeness (QED) is 0.783. The van der Waals surface area contributed by atoms with Gasteiger partial charge in [0, 0.05) is 6.04 Å². The number of carbonyl (C=O) groups is 1. The second-order valence-corrected chi connectivity index (χ2v) is 6.27. The maximum atomic E-state index is 13.4. The number of nitrogens with zero attached hydrogens (tertiary/aromatic N) is 1. The van der Waals surface area contributed by atoms with Crippen LogP contribution in [0.4, 0.5) is 4.39 Å². The summed E-state index contributed by atoms with van der Waals surface area (Å²) in [5.41, 5.74) is 1.49. The van der Waals surface area contributed by atoms with E-state index in [2.05, 4.69) is 4.90 Å². The van der Waals surface area contributed by atoms with Crippen molar-refractivity contribution in [1.29, 1.82) is 0 Å². The second-order valence-electron chi connectivity index (χ2n) is 6.27. The fourth-order valence-electron chi connectivity index (χ4n) is 3.40. The van der Waals surface area contributed by atoms with Gasteiger partial charge >= 0.3 is 5.97 Å². The molecule has 0 saturated carbocycles. The average molecular weight is 331 g/mol. The summed E-state index contributed by atoms with van der Waals surface area (Å²) in [5, 5.41) is 0. The fourth-order valence-corrected chi connectivity index (χ4v) is 3.40. The molecule has 1 atom stereocenters. The van der Waals surface area contributed by atoms with E-state index in [4.69, 9.17) is 9.15 Å². The van der Waals surface area contributed by atoms with Gasteiger partial charge in [-0.3, -0.25) is 4.90 Å². The summed E-state index contributed by atoms with van der Waals surface area (Å²) >= 11 is 0. The van der Waals surface area contributed by atoms with Crippen LogP contribution in [0.1, 0.15) is 40.3 Å². The third-order valence-corrected chi connectivity index (χ3v) is 4.59. The first-order chi connectivity index (χ1) is 11.6. The lowest BCUT2D eigenvalue weighted by atomic mass is 10.0. The first-order valence-corrected chi connectivity index (χ1v) is 8.23. The van der Waals surface area contributed by atoms with Gasteiger partial charge in [-0.05, 0) is 56.5 Å². The molecule has 2 heterocycles. The summed E-state index contributed by atoms with van der Waals surface area (Å²) in [6, 6.07) is 8.91. The highest BCUT2D eigenvalue weighted by Gasteiger charge is 2.26. The lowest BCUT2D eigenvalue weighted by molar-refractivity contribution is 0.0599. The zero-order valence-electron chi connectivity index (χ0n) is 14.0. The van der Waals surface area contributed by atoms with Gasteiger partial charge < -0.3 is 9.15 Å². The molecule has 1 aromatic carbocycles. The third kappa shape index (κ3) is 3.67. The standard InChI is InChI=1S/C19H22FNO3/c1-13-18(19(22)23-2)11-17(24-13)12-21-8-4-7-16(21)10-14-5-3-6-15(20)9-14/h3,5-6,9,11,16H,4,7-8,10,12H2,1-2H3. The van der Waals surface area contributed by atoms with Crippen molar-refractivity contribution >= 4 is 5.97 Å². The summed E-state index contributed by atoms with van der Waals surface area (Å²) < 4.78 is 23.8. The van der Waals surface area contributed by atoms with Crippen LogP contribution in [0.5, 0.6) is 0 Å². The van der Waals surface area contributed by atoms with Crippen molar-refractivity contribution in [2.45, 2.75) is 38.8 Å². The first-order valence-electron chi connectivity index (χ1n) is 8.23. The Kier molecular flexibility index (Phi) is 5.00. The van der Waals surface area contributed by atoms with E-state index in [1.54, 1.807) is 25.1 Å². The maximum absolute atomic E-state index is 13.4. The summed E-state index contributed by atoms with van der Waals surface area (Å²) in [7, 11) is 1.37. The van der Waals surface area contributed by atoms with Crippen LogP contribution in [0, 0.1) is 12.7 Å². The molecule has 0 aliphatic carbocycles. The lowest BCUT2D eigenvalue weighted by Crippen LogP contribution is -2.30. The van der Waals surface area contributed by atoms with Crippen LogP contribution in [0.3, 0.4) is 0 Å². The average Bonchev–Trinajstić information content (AvgIpc) is 3.14. The predicted octanol–water partition coefficient (Wildman–Crippen LogP) is 3.72. The van der Waals surface area contributed by atoms with E-state index < -0.39 is 0 Å². The van der Waals surface area contributed by atoms with Gasteiger partial charge in [0.25, 0.3) is 0 Å². The molecule has 5 heteroatoms. The van der Waals surface area contributed by atoms with Gasteiger partial charge in [0.05, 0.1) is 13.7 Å². The molecule has 0 radical (unpaired) electrons. The van der Waals surface area contributed by atoms with E-state index in [1.165, 1.54) is 13.2 Å². The molecule has 1 aromatic heterocycles. The lowest BCUT2D eigenvalue weighted by Gasteiger charge is -2.23. The smallest absolute Gasteiger partial charge is 0.341 e. The van der Waals surface area contributed by atoms with Crippen molar-refractivity contribution in [3.05, 3.63) is 58.8 Å². The van der Waals surface area contributed by atoms with Crippen molar-refractivity contribution in [3.8, 4) is 0 Å². The molecule has 0 amide bonds. The van der Waals surface area contributed by atoms with Gasteiger partial charge in [-0.1, -0.05) is 12.1 Å². The van der Waals surface area contributed by atoms with Crippen molar-refractivity contribution in [1.82, 2.24) is 4.90 Å². The number of likely N-dealkylation sites (tertiary alicyclic amines) is 1. The number of halogens is 1. The molecular formula is C19H22FNO3. The van der Waals surface area contributed by atoms with Crippen molar-refractivity contribution in [2.75, 3.05) is 13.7 Å². The molecule has 1 aliphatic rings. The molecule has 128 valence electrons. The largest absolute Gasteiger partial charge is 0.465 e. The highest BCUT2D eigenvalue weighted by Crippen LogP contribution is 2.25. The highest BCUT2D eigenvalue weighted by molar-refractivity contribution is 5.90. The van der Waals surface area contributed by atoms with Gasteiger partial charge in [0.2, 0.25) is 0 Å². The number of ether oxygens (including phenoxy) is 1. The second kappa shape index (κ2) is 7.18. The number of hydrogen-bond acceptors (Lipinski definition) is 4. The SMILES string of the molecule is COC(=O)c1cc(CN2CCCC2Cc2cccc(F)c2)oc1C. The fraction of sp³-hybridized carbons (Fsp3) is 0.421. The van der Waals surface area contributed by atoms with E-state index in [0.717, 1.165) is 37.1 Å². The summed E-state index contributed by atoms with van der Waals surface area (Å²) in [5.74, 6) is 0.776. The normalized spacial score (nSPS) is 18.0. The van der Waals surface area contributed by atoms with E-state index in [-0.39, 0.29) is 11.8 Å². The number of esters is 1. The van der Waals surface area contributed by atoms with Crippen molar-refractivity contribution < 1.29 is 18.3 Å². The Balaban J connectivity index is 1.69. The Hall–Kier alpha value is -2.14. The minimum Gasteiger partial charge on any atom is -0.465 e. The van der Waals surface area contributed by atoms with E-state index >= 15 is 0 Å².